The van der Waals surface area contributed by atoms with Crippen LogP contribution in [0, 0.1) is 0 Å². The van der Waals surface area contributed by atoms with Crippen LogP contribution in [0.25, 0.3) is 0 Å². The zero-order valence-corrected chi connectivity index (χ0v) is 11.0. The van der Waals surface area contributed by atoms with Gasteiger partial charge in [-0.05, 0) is 19.8 Å². The Labute approximate surface area is 107 Å². The molecule has 1 atom stereocenters. The number of carboxylic acid groups (broad SMARTS) is 1. The van der Waals surface area contributed by atoms with E-state index in [0.29, 0.717) is 0 Å². The van der Waals surface area contributed by atoms with Gasteiger partial charge in [0.15, 0.2) is 0 Å². The van der Waals surface area contributed by atoms with Gasteiger partial charge in [0.05, 0.1) is 0 Å². The lowest BCUT2D eigenvalue weighted by Crippen LogP contribution is -2.43. The van der Waals surface area contributed by atoms with Gasteiger partial charge in [-0.15, -0.1) is 0 Å². The fourth-order valence-corrected chi connectivity index (χ4v) is 1.43. The van der Waals surface area contributed by atoms with Crippen LogP contribution < -0.4 is 10.6 Å². The molecule has 104 valence electrons. The number of hydrogen-bond donors (Lipinski definition) is 3. The van der Waals surface area contributed by atoms with Gasteiger partial charge in [-0.3, -0.25) is 14.9 Å². The summed E-state index contributed by atoms with van der Waals surface area (Å²) < 4.78 is 0. The predicted molar refractivity (Wildman–Crippen MR) is 67.1 cm³/mol. The highest BCUT2D eigenvalue weighted by Crippen LogP contribution is 1.99. The first-order valence-corrected chi connectivity index (χ1v) is 6.27. The van der Waals surface area contributed by atoms with Gasteiger partial charge in [0.1, 0.15) is 0 Å². The highest BCUT2D eigenvalue weighted by atomic mass is 16.4. The summed E-state index contributed by atoms with van der Waals surface area (Å²) >= 11 is 0. The Morgan fingerprint density at radius 3 is 2.39 bits per heavy atom. The van der Waals surface area contributed by atoms with Crippen LogP contribution in [0.5, 0.6) is 0 Å². The normalized spacial score (nSPS) is 11.7. The summed E-state index contributed by atoms with van der Waals surface area (Å²) in [7, 11) is 0. The molecule has 0 saturated carbocycles. The summed E-state index contributed by atoms with van der Waals surface area (Å²) in [6.07, 6.45) is 3.16. The summed E-state index contributed by atoms with van der Waals surface area (Å²) in [5.74, 6) is -1.39. The molecule has 0 aromatic heterocycles. The van der Waals surface area contributed by atoms with Crippen LogP contribution >= 0.6 is 0 Å². The average molecular weight is 258 g/mol. The monoisotopic (exact) mass is 258 g/mol. The Morgan fingerprint density at radius 1 is 1.17 bits per heavy atom. The molecule has 0 spiro atoms. The molecular weight excluding hydrogens is 236 g/mol. The molecule has 1 unspecified atom stereocenters. The number of carbonyl (C=O) groups is 3. The van der Waals surface area contributed by atoms with Gasteiger partial charge in [0.2, 0.25) is 5.91 Å². The number of carboxylic acids is 1. The third-order valence-electron chi connectivity index (χ3n) is 2.42. The molecule has 18 heavy (non-hydrogen) atoms. The molecule has 0 saturated heterocycles. The number of unbranched alkanes of at least 4 members (excludes halogenated alkanes) is 1. The molecule has 0 rings (SSSR count). The molecule has 0 aliphatic carbocycles. The number of amides is 3. The van der Waals surface area contributed by atoms with Crippen molar-refractivity contribution in [3.05, 3.63) is 0 Å². The van der Waals surface area contributed by atoms with Crippen LogP contribution in [0.1, 0.15) is 52.4 Å². The fraction of sp³-hybridized carbons (Fsp3) is 0.750. The van der Waals surface area contributed by atoms with Crippen molar-refractivity contribution in [2.75, 3.05) is 0 Å². The molecular formula is C12H22N2O4. The molecule has 0 aromatic rings. The van der Waals surface area contributed by atoms with E-state index in [9.17, 15) is 14.4 Å². The molecule has 0 fully saturated rings. The zero-order chi connectivity index (χ0) is 14.0. The number of hydrogen-bond acceptors (Lipinski definition) is 3. The summed E-state index contributed by atoms with van der Waals surface area (Å²) in [4.78, 5) is 32.9. The highest BCUT2D eigenvalue weighted by Gasteiger charge is 2.10. The second kappa shape index (κ2) is 9.44. The van der Waals surface area contributed by atoms with Crippen LogP contribution in [0.4, 0.5) is 4.79 Å². The minimum atomic E-state index is -0.944. The quantitative estimate of drug-likeness (QED) is 0.616. The zero-order valence-electron chi connectivity index (χ0n) is 11.0. The lowest BCUT2D eigenvalue weighted by atomic mass is 10.1. The number of imide groups is 1. The Hall–Kier alpha value is -1.59. The van der Waals surface area contributed by atoms with E-state index in [4.69, 9.17) is 5.11 Å². The van der Waals surface area contributed by atoms with Crippen molar-refractivity contribution < 1.29 is 19.5 Å². The lowest BCUT2D eigenvalue weighted by Gasteiger charge is -2.13. The van der Waals surface area contributed by atoms with E-state index in [1.54, 1.807) is 0 Å². The number of urea groups is 1. The molecule has 3 N–H and O–H groups in total. The first kappa shape index (κ1) is 16.4. The maximum Gasteiger partial charge on any atom is 0.321 e. The minimum Gasteiger partial charge on any atom is -0.481 e. The molecule has 0 aromatic carbocycles. The largest absolute Gasteiger partial charge is 0.481 e. The number of carbonyl (C=O) groups excluding carboxylic acids is 2. The Morgan fingerprint density at radius 2 is 1.83 bits per heavy atom. The van der Waals surface area contributed by atoms with Crippen molar-refractivity contribution in [2.45, 2.75) is 58.4 Å². The Balaban J connectivity index is 3.73. The van der Waals surface area contributed by atoms with Crippen molar-refractivity contribution >= 4 is 17.9 Å². The van der Waals surface area contributed by atoms with Crippen LogP contribution in [0.2, 0.25) is 0 Å². The van der Waals surface area contributed by atoms with Crippen molar-refractivity contribution in [3.63, 3.8) is 0 Å². The van der Waals surface area contributed by atoms with Crippen molar-refractivity contribution in [2.24, 2.45) is 0 Å². The van der Waals surface area contributed by atoms with Crippen LogP contribution in [0.15, 0.2) is 0 Å². The van der Waals surface area contributed by atoms with Crippen LogP contribution in [-0.4, -0.2) is 29.1 Å². The fourth-order valence-electron chi connectivity index (χ4n) is 1.43. The molecule has 0 aliphatic heterocycles. The van der Waals surface area contributed by atoms with Gasteiger partial charge in [-0.25, -0.2) is 4.79 Å². The van der Waals surface area contributed by atoms with Gasteiger partial charge in [0, 0.05) is 18.9 Å². The molecule has 6 heteroatoms. The van der Waals surface area contributed by atoms with E-state index in [1.165, 1.54) is 0 Å². The molecule has 0 radical (unpaired) electrons. The Bertz CT molecular complexity index is 292. The third kappa shape index (κ3) is 9.62. The molecule has 0 heterocycles. The van der Waals surface area contributed by atoms with E-state index in [-0.39, 0.29) is 25.3 Å². The van der Waals surface area contributed by atoms with Gasteiger partial charge < -0.3 is 10.4 Å². The first-order chi connectivity index (χ1) is 8.45. The standard InChI is InChI=1S/C12H22N2O4/c1-3-4-6-9(2)13-12(18)14-10(15)7-5-8-11(16)17/h9H,3-8H2,1-2H3,(H,16,17)(H2,13,14,15,18). The summed E-state index contributed by atoms with van der Waals surface area (Å²) in [5.41, 5.74) is 0. The summed E-state index contributed by atoms with van der Waals surface area (Å²) in [6.45, 7) is 3.95. The molecule has 6 nitrogen and oxygen atoms in total. The second-order valence-corrected chi connectivity index (χ2v) is 4.31. The third-order valence-corrected chi connectivity index (χ3v) is 2.42. The van der Waals surface area contributed by atoms with Gasteiger partial charge in [-0.1, -0.05) is 19.8 Å². The van der Waals surface area contributed by atoms with Crippen LogP contribution in [-0.2, 0) is 9.59 Å². The topological polar surface area (TPSA) is 95.5 Å². The maximum atomic E-state index is 11.4. The maximum absolute atomic E-state index is 11.4. The summed E-state index contributed by atoms with van der Waals surface area (Å²) in [6, 6.07) is -0.490. The predicted octanol–water partition coefficient (Wildman–Crippen LogP) is 1.65. The van der Waals surface area contributed by atoms with E-state index >= 15 is 0 Å². The number of aliphatic carboxylic acids is 1. The smallest absolute Gasteiger partial charge is 0.321 e. The minimum absolute atomic E-state index is 0.0248. The molecule has 0 aliphatic rings. The van der Waals surface area contributed by atoms with Crippen LogP contribution in [0.3, 0.4) is 0 Å². The lowest BCUT2D eigenvalue weighted by molar-refractivity contribution is -0.137. The molecule has 0 bridgehead atoms. The van der Waals surface area contributed by atoms with E-state index in [0.717, 1.165) is 19.3 Å². The van der Waals surface area contributed by atoms with Gasteiger partial charge in [0.25, 0.3) is 0 Å². The number of nitrogens with one attached hydrogen (secondary N) is 2. The highest BCUT2D eigenvalue weighted by molar-refractivity contribution is 5.94. The number of rotatable bonds is 8. The van der Waals surface area contributed by atoms with Crippen molar-refractivity contribution in [1.29, 1.82) is 0 Å². The Kier molecular flexibility index (Phi) is 8.61. The van der Waals surface area contributed by atoms with E-state index < -0.39 is 17.9 Å². The SMILES string of the molecule is CCCCC(C)NC(=O)NC(=O)CCCC(=O)O. The average Bonchev–Trinajstić information content (AvgIpc) is 2.25. The van der Waals surface area contributed by atoms with Crippen molar-refractivity contribution in [3.8, 4) is 0 Å². The van der Waals surface area contributed by atoms with E-state index in [2.05, 4.69) is 17.6 Å². The second-order valence-electron chi connectivity index (χ2n) is 4.31. The van der Waals surface area contributed by atoms with E-state index in [1.807, 2.05) is 6.92 Å². The van der Waals surface area contributed by atoms with Crippen molar-refractivity contribution in [1.82, 2.24) is 10.6 Å². The first-order valence-electron chi connectivity index (χ1n) is 6.27. The summed E-state index contributed by atoms with van der Waals surface area (Å²) in [5, 5.41) is 13.2. The van der Waals surface area contributed by atoms with Gasteiger partial charge >= 0.3 is 12.0 Å². The molecule has 3 amide bonds. The van der Waals surface area contributed by atoms with Gasteiger partial charge in [-0.2, -0.15) is 0 Å².